The van der Waals surface area contributed by atoms with Crippen LogP contribution >= 0.6 is 11.6 Å². The smallest absolute Gasteiger partial charge is 0.410 e. The van der Waals surface area contributed by atoms with E-state index in [0.29, 0.717) is 25.3 Å². The average molecular weight is 645 g/mol. The molecule has 2 atom stereocenters. The summed E-state index contributed by atoms with van der Waals surface area (Å²) in [7, 11) is 1.62. The number of hydrogen-bond acceptors (Lipinski definition) is 6. The highest BCUT2D eigenvalue weighted by molar-refractivity contribution is 6.30. The molecule has 46 heavy (non-hydrogen) atoms. The summed E-state index contributed by atoms with van der Waals surface area (Å²) in [6, 6.07) is 16.3. The minimum Gasteiger partial charge on any atom is -0.496 e. The molecule has 0 spiro atoms. The largest absolute Gasteiger partial charge is 0.496 e. The third-order valence-corrected chi connectivity index (χ3v) is 8.04. The molecule has 1 aromatic heterocycles. The van der Waals surface area contributed by atoms with Gasteiger partial charge in [-0.05, 0) is 59.2 Å². The van der Waals surface area contributed by atoms with Crippen molar-refractivity contribution in [1.29, 1.82) is 0 Å². The lowest BCUT2D eigenvalue weighted by Gasteiger charge is -2.25. The Balaban J connectivity index is 1.63. The molecule has 4 rings (SSSR count). The van der Waals surface area contributed by atoms with E-state index in [-0.39, 0.29) is 35.5 Å². The number of nitrogens with one attached hydrogen (secondary N) is 1. The molecule has 0 radical (unpaired) electrons. The van der Waals surface area contributed by atoms with E-state index < -0.39 is 24.1 Å². The van der Waals surface area contributed by atoms with E-state index in [4.69, 9.17) is 21.1 Å². The van der Waals surface area contributed by atoms with Crippen molar-refractivity contribution >= 4 is 35.3 Å². The number of carbonyl (C=O) groups excluding carboxylic acids is 3. The summed E-state index contributed by atoms with van der Waals surface area (Å²) in [6.07, 6.45) is 3.25. The normalized spacial score (nSPS) is 14.9. The molecule has 1 N–H and O–H groups in total. The van der Waals surface area contributed by atoms with Gasteiger partial charge in [0.05, 0.1) is 19.7 Å². The molecule has 3 aromatic rings. The number of carbonyl (C=O) groups is 3. The summed E-state index contributed by atoms with van der Waals surface area (Å²) < 4.78 is 11.4. The SMILES string of the molecule is C=CCc1cc(C[C@H](NC(=O)c2cc(Cl)nc(N(CC=C)C(C)=O)c2)[C@H]2CN(Cc3cccc(C(C)C)c3)C(=O)O2)ccc1OC. The molecule has 1 saturated heterocycles. The Morgan fingerprint density at radius 1 is 1.15 bits per heavy atom. The number of methoxy groups -OCH3 is 1. The minimum absolute atomic E-state index is 0.0563. The molecule has 1 fully saturated rings. The number of halogens is 1. The zero-order valence-electron chi connectivity index (χ0n) is 26.8. The van der Waals surface area contributed by atoms with Crippen molar-refractivity contribution in [2.45, 2.75) is 58.2 Å². The topological polar surface area (TPSA) is 101 Å². The fourth-order valence-corrected chi connectivity index (χ4v) is 5.67. The number of aromatic nitrogens is 1. The summed E-state index contributed by atoms with van der Waals surface area (Å²) in [5.74, 6) is 0.602. The average Bonchev–Trinajstić information content (AvgIpc) is 3.38. The first-order valence-electron chi connectivity index (χ1n) is 15.2. The van der Waals surface area contributed by atoms with Gasteiger partial charge in [0.25, 0.3) is 5.91 Å². The van der Waals surface area contributed by atoms with Gasteiger partial charge in [-0.3, -0.25) is 14.5 Å². The van der Waals surface area contributed by atoms with Crippen LogP contribution in [-0.2, 0) is 28.9 Å². The molecule has 0 bridgehead atoms. The number of allylic oxidation sites excluding steroid dienone is 1. The number of anilines is 1. The van der Waals surface area contributed by atoms with Crippen LogP contribution in [-0.4, -0.2) is 60.1 Å². The van der Waals surface area contributed by atoms with Gasteiger partial charge in [-0.2, -0.15) is 0 Å². The Bertz CT molecular complexity index is 1610. The van der Waals surface area contributed by atoms with Crippen LogP contribution in [0, 0.1) is 0 Å². The van der Waals surface area contributed by atoms with Gasteiger partial charge in [-0.15, -0.1) is 13.2 Å². The standard InChI is InChI=1S/C36H41ClN4O5/c1-7-10-28-16-25(13-14-31(28)45-6)18-30(32-22-40(36(44)46-32)21-26-11-9-12-27(17-26)23(3)4)38-35(43)29-19-33(37)39-34(20-29)41(15-8-2)24(5)42/h7-9,11-14,16-17,19-20,23,30,32H,1-2,10,15,18,21-22H2,3-6H3,(H,38,43)/t30-,32+/m0/s1. The van der Waals surface area contributed by atoms with Crippen LogP contribution in [0.5, 0.6) is 5.75 Å². The number of benzene rings is 2. The molecular formula is C36H41ClN4O5. The van der Waals surface area contributed by atoms with E-state index in [2.05, 4.69) is 49.4 Å². The number of pyridine rings is 1. The molecule has 0 aliphatic carbocycles. The second-order valence-corrected chi connectivity index (χ2v) is 12.0. The van der Waals surface area contributed by atoms with Crippen LogP contribution in [0.3, 0.4) is 0 Å². The summed E-state index contributed by atoms with van der Waals surface area (Å²) in [6.45, 7) is 14.1. The van der Waals surface area contributed by atoms with Crippen LogP contribution < -0.4 is 15.0 Å². The molecule has 0 unspecified atom stereocenters. The van der Waals surface area contributed by atoms with Gasteiger partial charge in [0.1, 0.15) is 22.8 Å². The Morgan fingerprint density at radius 2 is 1.93 bits per heavy atom. The predicted octanol–water partition coefficient (Wildman–Crippen LogP) is 6.50. The zero-order valence-corrected chi connectivity index (χ0v) is 27.5. The summed E-state index contributed by atoms with van der Waals surface area (Å²) in [5.41, 5.74) is 4.27. The maximum Gasteiger partial charge on any atom is 0.410 e. The molecule has 2 heterocycles. The summed E-state index contributed by atoms with van der Waals surface area (Å²) in [5, 5.41) is 3.14. The first-order chi connectivity index (χ1) is 22.0. The van der Waals surface area contributed by atoms with Gasteiger partial charge in [0, 0.05) is 25.6 Å². The summed E-state index contributed by atoms with van der Waals surface area (Å²) in [4.78, 5) is 46.4. The van der Waals surface area contributed by atoms with E-state index in [0.717, 1.165) is 22.4 Å². The van der Waals surface area contributed by atoms with Crippen LogP contribution in [0.4, 0.5) is 10.6 Å². The molecular weight excluding hydrogens is 604 g/mol. The van der Waals surface area contributed by atoms with Crippen LogP contribution in [0.15, 0.2) is 79.9 Å². The molecule has 1 aliphatic heterocycles. The monoisotopic (exact) mass is 644 g/mol. The molecule has 242 valence electrons. The van der Waals surface area contributed by atoms with Crippen molar-refractivity contribution in [1.82, 2.24) is 15.2 Å². The number of nitrogens with zero attached hydrogens (tertiary/aromatic N) is 3. The number of hydrogen-bond donors (Lipinski definition) is 1. The lowest BCUT2D eigenvalue weighted by molar-refractivity contribution is -0.116. The Labute approximate surface area is 275 Å². The molecule has 1 aliphatic rings. The highest BCUT2D eigenvalue weighted by atomic mass is 35.5. The van der Waals surface area contributed by atoms with E-state index in [1.807, 2.05) is 30.3 Å². The number of cyclic esters (lactones) is 1. The van der Waals surface area contributed by atoms with Crippen molar-refractivity contribution in [3.63, 3.8) is 0 Å². The number of ether oxygens (including phenoxy) is 2. The maximum absolute atomic E-state index is 13.8. The van der Waals surface area contributed by atoms with Gasteiger partial charge in [0.2, 0.25) is 5.91 Å². The Kier molecular flexibility index (Phi) is 11.6. The lowest BCUT2D eigenvalue weighted by atomic mass is 9.97. The molecule has 10 heteroatoms. The summed E-state index contributed by atoms with van der Waals surface area (Å²) >= 11 is 6.31. The highest BCUT2D eigenvalue weighted by Crippen LogP contribution is 2.26. The molecule has 9 nitrogen and oxygen atoms in total. The van der Waals surface area contributed by atoms with Gasteiger partial charge in [-0.1, -0.05) is 74.0 Å². The Hall–Kier alpha value is -4.63. The molecule has 3 amide bonds. The third-order valence-electron chi connectivity index (χ3n) is 7.84. The fourth-order valence-electron chi connectivity index (χ4n) is 5.46. The number of rotatable bonds is 14. The van der Waals surface area contributed by atoms with Crippen molar-refractivity contribution in [3.05, 3.63) is 113 Å². The maximum atomic E-state index is 13.8. The Morgan fingerprint density at radius 3 is 2.61 bits per heavy atom. The van der Waals surface area contributed by atoms with Crippen LogP contribution in [0.1, 0.15) is 59.3 Å². The van der Waals surface area contributed by atoms with Gasteiger partial charge in [-0.25, -0.2) is 9.78 Å². The number of amides is 3. The van der Waals surface area contributed by atoms with E-state index in [1.54, 1.807) is 24.2 Å². The fraction of sp³-hybridized carbons (Fsp3) is 0.333. The van der Waals surface area contributed by atoms with Crippen molar-refractivity contribution < 1.29 is 23.9 Å². The third kappa shape index (κ3) is 8.54. The first-order valence-corrected chi connectivity index (χ1v) is 15.6. The van der Waals surface area contributed by atoms with Crippen molar-refractivity contribution in [2.75, 3.05) is 25.1 Å². The lowest BCUT2D eigenvalue weighted by Crippen LogP contribution is -2.46. The molecule has 0 saturated carbocycles. The van der Waals surface area contributed by atoms with E-state index in [1.165, 1.54) is 29.5 Å². The van der Waals surface area contributed by atoms with Crippen molar-refractivity contribution in [2.24, 2.45) is 0 Å². The van der Waals surface area contributed by atoms with Gasteiger partial charge >= 0.3 is 6.09 Å². The quantitative estimate of drug-likeness (QED) is 0.159. The van der Waals surface area contributed by atoms with Gasteiger partial charge in [0.15, 0.2) is 0 Å². The second kappa shape index (κ2) is 15.6. The van der Waals surface area contributed by atoms with Gasteiger partial charge < -0.3 is 19.7 Å². The predicted molar refractivity (Wildman–Crippen MR) is 181 cm³/mol. The first kappa shape index (κ1) is 34.2. The molecule has 2 aromatic carbocycles. The van der Waals surface area contributed by atoms with Crippen molar-refractivity contribution in [3.8, 4) is 5.75 Å². The minimum atomic E-state index is -0.638. The second-order valence-electron chi connectivity index (χ2n) is 11.6. The van der Waals surface area contributed by atoms with Crippen LogP contribution in [0.2, 0.25) is 5.15 Å². The highest BCUT2D eigenvalue weighted by Gasteiger charge is 2.38. The van der Waals surface area contributed by atoms with Crippen LogP contribution in [0.25, 0.3) is 0 Å². The zero-order chi connectivity index (χ0) is 33.4. The van der Waals surface area contributed by atoms with E-state index >= 15 is 0 Å². The van der Waals surface area contributed by atoms with E-state index in [9.17, 15) is 14.4 Å².